The molecule has 2 aromatic rings. The van der Waals surface area contributed by atoms with Crippen LogP contribution in [0.2, 0.25) is 0 Å². The topological polar surface area (TPSA) is 55.6 Å². The van der Waals surface area contributed by atoms with Crippen molar-refractivity contribution in [2.75, 3.05) is 7.11 Å². The van der Waals surface area contributed by atoms with Gasteiger partial charge in [0.2, 0.25) is 0 Å². The number of fused-ring (bicyclic) bond motifs is 1. The summed E-state index contributed by atoms with van der Waals surface area (Å²) in [6.45, 7) is 6.48. The van der Waals surface area contributed by atoms with Gasteiger partial charge in [-0.25, -0.2) is 10.3 Å². The number of aromatic nitrogens is 1. The zero-order valence-corrected chi connectivity index (χ0v) is 11.7. The number of hydrogen-bond donors (Lipinski definition) is 1. The highest BCUT2D eigenvalue weighted by Crippen LogP contribution is 2.17. The van der Waals surface area contributed by atoms with Crippen LogP contribution in [-0.2, 0) is 11.4 Å². The van der Waals surface area contributed by atoms with Crippen molar-refractivity contribution in [2.24, 2.45) is 4.99 Å². The standard InChI is InChI=1S/C13H15N3O2S/c1-9(2)8-16-10-6-4-5-7-11(10)19-13(16)14-12(17)15-18-3/h4-7H,1,8H2,2-3H3,(H,15,17). The minimum atomic E-state index is -0.524. The number of nitrogens with one attached hydrogen (secondary N) is 1. The minimum absolute atomic E-state index is 0.524. The molecule has 5 nitrogen and oxygen atoms in total. The summed E-state index contributed by atoms with van der Waals surface area (Å²) in [6.07, 6.45) is 0. The number of thiazole rings is 1. The molecular weight excluding hydrogens is 262 g/mol. The van der Waals surface area contributed by atoms with Crippen molar-refractivity contribution in [3.05, 3.63) is 41.2 Å². The van der Waals surface area contributed by atoms with Gasteiger partial charge in [-0.3, -0.25) is 4.84 Å². The van der Waals surface area contributed by atoms with Crippen molar-refractivity contribution in [3.8, 4) is 0 Å². The molecule has 0 unspecified atom stereocenters. The molecule has 1 aromatic carbocycles. The number of amides is 2. The molecule has 0 atom stereocenters. The summed E-state index contributed by atoms with van der Waals surface area (Å²) in [4.78, 5) is 20.7. The lowest BCUT2D eigenvalue weighted by Crippen LogP contribution is -2.23. The van der Waals surface area contributed by atoms with Crippen LogP contribution in [0.15, 0.2) is 41.4 Å². The van der Waals surface area contributed by atoms with Crippen molar-refractivity contribution in [3.63, 3.8) is 0 Å². The second-order valence-corrected chi connectivity index (χ2v) is 5.13. The van der Waals surface area contributed by atoms with Gasteiger partial charge in [0.1, 0.15) is 0 Å². The van der Waals surface area contributed by atoms with Crippen molar-refractivity contribution in [2.45, 2.75) is 13.5 Å². The molecule has 0 aliphatic heterocycles. The van der Waals surface area contributed by atoms with Crippen molar-refractivity contribution >= 4 is 27.6 Å². The van der Waals surface area contributed by atoms with E-state index in [-0.39, 0.29) is 0 Å². The fourth-order valence-electron chi connectivity index (χ4n) is 1.73. The van der Waals surface area contributed by atoms with E-state index >= 15 is 0 Å². The minimum Gasteiger partial charge on any atom is -0.312 e. The number of carbonyl (C=O) groups is 1. The Labute approximate surface area is 114 Å². The lowest BCUT2D eigenvalue weighted by atomic mass is 10.3. The molecule has 6 heteroatoms. The Balaban J connectivity index is 2.58. The van der Waals surface area contributed by atoms with Crippen LogP contribution in [0, 0.1) is 0 Å². The smallest absolute Gasteiger partial charge is 0.312 e. The quantitative estimate of drug-likeness (QED) is 0.692. The highest BCUT2D eigenvalue weighted by Gasteiger charge is 2.07. The summed E-state index contributed by atoms with van der Waals surface area (Å²) in [6, 6.07) is 7.40. The van der Waals surface area contributed by atoms with Gasteiger partial charge in [-0.05, 0) is 19.1 Å². The second kappa shape index (κ2) is 5.81. The van der Waals surface area contributed by atoms with Crippen LogP contribution in [0.4, 0.5) is 4.79 Å². The summed E-state index contributed by atoms with van der Waals surface area (Å²) in [5.74, 6) is 0. The number of benzene rings is 1. The fourth-order valence-corrected chi connectivity index (χ4v) is 2.75. The van der Waals surface area contributed by atoms with E-state index in [1.165, 1.54) is 18.4 Å². The Morgan fingerprint density at radius 2 is 2.26 bits per heavy atom. The van der Waals surface area contributed by atoms with Gasteiger partial charge >= 0.3 is 6.03 Å². The first-order valence-corrected chi connectivity index (χ1v) is 6.54. The zero-order chi connectivity index (χ0) is 13.8. The molecule has 0 saturated heterocycles. The largest absolute Gasteiger partial charge is 0.367 e. The Morgan fingerprint density at radius 3 is 2.95 bits per heavy atom. The number of hydrogen-bond acceptors (Lipinski definition) is 3. The molecule has 1 N–H and O–H groups in total. The number of nitrogens with zero attached hydrogens (tertiary/aromatic N) is 2. The van der Waals surface area contributed by atoms with Gasteiger partial charge in [-0.15, -0.1) is 0 Å². The lowest BCUT2D eigenvalue weighted by molar-refractivity contribution is 0.112. The third-order valence-corrected chi connectivity index (χ3v) is 3.46. The van der Waals surface area contributed by atoms with E-state index in [2.05, 4.69) is 21.9 Å². The summed E-state index contributed by atoms with van der Waals surface area (Å²) >= 11 is 1.46. The van der Waals surface area contributed by atoms with Crippen LogP contribution in [0.1, 0.15) is 6.92 Å². The third kappa shape index (κ3) is 3.10. The molecule has 0 bridgehead atoms. The lowest BCUT2D eigenvalue weighted by Gasteiger charge is -2.04. The van der Waals surface area contributed by atoms with Gasteiger partial charge in [0, 0.05) is 6.54 Å². The maximum atomic E-state index is 11.5. The molecule has 0 aliphatic carbocycles. The molecule has 2 rings (SSSR count). The van der Waals surface area contributed by atoms with Crippen LogP contribution in [0.25, 0.3) is 10.2 Å². The first-order chi connectivity index (χ1) is 9.11. The maximum Gasteiger partial charge on any atom is 0.367 e. The molecule has 19 heavy (non-hydrogen) atoms. The molecule has 1 heterocycles. The number of para-hydroxylation sites is 1. The highest BCUT2D eigenvalue weighted by atomic mass is 32.1. The number of hydroxylamine groups is 1. The van der Waals surface area contributed by atoms with Gasteiger partial charge in [-0.2, -0.15) is 4.99 Å². The molecule has 0 saturated carbocycles. The predicted molar refractivity (Wildman–Crippen MR) is 75.7 cm³/mol. The third-order valence-electron chi connectivity index (χ3n) is 2.40. The number of rotatable bonds is 3. The molecule has 1 aromatic heterocycles. The van der Waals surface area contributed by atoms with E-state index in [1.54, 1.807) is 0 Å². The van der Waals surface area contributed by atoms with E-state index < -0.39 is 6.03 Å². The summed E-state index contributed by atoms with van der Waals surface area (Å²) in [5.41, 5.74) is 4.22. The molecule has 2 amide bonds. The van der Waals surface area contributed by atoms with Gasteiger partial charge in [0.15, 0.2) is 4.80 Å². The predicted octanol–water partition coefficient (Wildman–Crippen LogP) is 2.45. The van der Waals surface area contributed by atoms with E-state index in [0.717, 1.165) is 15.8 Å². The number of allylic oxidation sites excluding steroid dienone is 1. The maximum absolute atomic E-state index is 11.5. The summed E-state index contributed by atoms with van der Waals surface area (Å²) in [7, 11) is 1.38. The SMILES string of the molecule is C=C(C)Cn1c(=NC(=O)NOC)sc2ccccc21. The fraction of sp³-hybridized carbons (Fsp3) is 0.231. The Bertz CT molecular complexity index is 684. The van der Waals surface area contributed by atoms with E-state index in [1.807, 2.05) is 35.8 Å². The molecule has 0 spiro atoms. The normalized spacial score (nSPS) is 11.8. The van der Waals surface area contributed by atoms with Gasteiger partial charge in [-0.1, -0.05) is 35.6 Å². The van der Waals surface area contributed by atoms with E-state index in [0.29, 0.717) is 11.3 Å². The van der Waals surface area contributed by atoms with Gasteiger partial charge in [0.05, 0.1) is 17.3 Å². The second-order valence-electron chi connectivity index (χ2n) is 4.12. The molecule has 0 radical (unpaired) electrons. The molecular formula is C13H15N3O2S. The Kier molecular flexibility index (Phi) is 4.13. The van der Waals surface area contributed by atoms with Crippen LogP contribution in [0.3, 0.4) is 0 Å². The van der Waals surface area contributed by atoms with E-state index in [9.17, 15) is 4.79 Å². The first kappa shape index (κ1) is 13.5. The Morgan fingerprint density at radius 1 is 1.53 bits per heavy atom. The average Bonchev–Trinajstić information content (AvgIpc) is 2.67. The van der Waals surface area contributed by atoms with E-state index in [4.69, 9.17) is 0 Å². The average molecular weight is 277 g/mol. The summed E-state index contributed by atoms with van der Waals surface area (Å²) < 4.78 is 3.05. The Hall–Kier alpha value is -1.92. The molecule has 0 fully saturated rings. The monoisotopic (exact) mass is 277 g/mol. The van der Waals surface area contributed by atoms with Crippen molar-refractivity contribution in [1.29, 1.82) is 0 Å². The van der Waals surface area contributed by atoms with Crippen LogP contribution >= 0.6 is 11.3 Å². The zero-order valence-electron chi connectivity index (χ0n) is 10.8. The summed E-state index contributed by atoms with van der Waals surface area (Å²) in [5, 5.41) is 0. The van der Waals surface area contributed by atoms with Crippen molar-refractivity contribution in [1.82, 2.24) is 10.0 Å². The van der Waals surface area contributed by atoms with Gasteiger partial charge in [0.25, 0.3) is 0 Å². The first-order valence-electron chi connectivity index (χ1n) is 5.72. The highest BCUT2D eigenvalue weighted by molar-refractivity contribution is 7.16. The van der Waals surface area contributed by atoms with Crippen LogP contribution < -0.4 is 10.3 Å². The number of urea groups is 1. The van der Waals surface area contributed by atoms with Crippen molar-refractivity contribution < 1.29 is 9.63 Å². The molecule has 100 valence electrons. The molecule has 0 aliphatic rings. The number of carbonyl (C=O) groups excluding carboxylic acids is 1. The van der Waals surface area contributed by atoms with Crippen LogP contribution in [0.5, 0.6) is 0 Å². The van der Waals surface area contributed by atoms with Gasteiger partial charge < -0.3 is 4.57 Å². The van der Waals surface area contributed by atoms with Crippen LogP contribution in [-0.4, -0.2) is 17.7 Å².